The van der Waals surface area contributed by atoms with Gasteiger partial charge in [-0.2, -0.15) is 0 Å². The molecule has 0 spiro atoms. The molecule has 1 N–H and O–H groups in total. The van der Waals surface area contributed by atoms with E-state index in [1.165, 1.54) is 11.3 Å². The second-order valence-corrected chi connectivity index (χ2v) is 5.56. The third-order valence-corrected chi connectivity index (χ3v) is 3.89. The van der Waals surface area contributed by atoms with E-state index in [1.54, 1.807) is 35.4 Å². The van der Waals surface area contributed by atoms with Gasteiger partial charge in [0.15, 0.2) is 16.6 Å². The van der Waals surface area contributed by atoms with Gasteiger partial charge >= 0.3 is 0 Å². The summed E-state index contributed by atoms with van der Waals surface area (Å²) in [7, 11) is 0. The lowest BCUT2D eigenvalue weighted by molar-refractivity contribution is 0.102. The average Bonchev–Trinajstić information content (AvgIpc) is 3.10. The van der Waals surface area contributed by atoms with E-state index < -0.39 is 0 Å². The number of thiazole rings is 1. The van der Waals surface area contributed by atoms with E-state index >= 15 is 0 Å². The topological polar surface area (TPSA) is 85.6 Å². The average molecular weight is 300 g/mol. The Morgan fingerprint density at radius 2 is 2.14 bits per heavy atom. The first-order valence-corrected chi connectivity index (χ1v) is 7.02. The van der Waals surface area contributed by atoms with Crippen LogP contribution in [0.15, 0.2) is 30.9 Å². The summed E-state index contributed by atoms with van der Waals surface area (Å²) < 4.78 is 1.71. The van der Waals surface area contributed by atoms with Crippen molar-refractivity contribution in [1.29, 1.82) is 0 Å². The molecule has 0 atom stereocenters. The molecule has 8 heteroatoms. The maximum absolute atomic E-state index is 12.1. The summed E-state index contributed by atoms with van der Waals surface area (Å²) in [6, 6.07) is 3.33. The van der Waals surface area contributed by atoms with Crippen molar-refractivity contribution in [3.63, 3.8) is 0 Å². The first kappa shape index (κ1) is 13.4. The molecule has 0 aliphatic heterocycles. The summed E-state index contributed by atoms with van der Waals surface area (Å²) in [6.45, 7) is 3.86. The number of carbonyl (C=O) groups excluding carboxylic acids is 1. The third-order valence-electron chi connectivity index (χ3n) is 2.90. The largest absolute Gasteiger partial charge is 0.296 e. The van der Waals surface area contributed by atoms with E-state index in [9.17, 15) is 4.79 Å². The maximum atomic E-state index is 12.1. The van der Waals surface area contributed by atoms with Crippen molar-refractivity contribution in [2.24, 2.45) is 0 Å². The number of nitrogens with one attached hydrogen (secondary N) is 1. The first-order valence-electron chi connectivity index (χ1n) is 6.21. The highest BCUT2D eigenvalue weighted by molar-refractivity contribution is 7.15. The van der Waals surface area contributed by atoms with Gasteiger partial charge in [-0.25, -0.2) is 9.97 Å². The molecular formula is C13H12N6OS. The molecule has 0 aliphatic carbocycles. The molecule has 21 heavy (non-hydrogen) atoms. The van der Waals surface area contributed by atoms with Crippen molar-refractivity contribution >= 4 is 22.4 Å². The van der Waals surface area contributed by atoms with Gasteiger partial charge in [0.25, 0.3) is 5.91 Å². The SMILES string of the molecule is Cc1nc(NC(=O)c2ccc(-n3ccnc3)nn2)sc1C. The van der Waals surface area contributed by atoms with Gasteiger partial charge in [0.2, 0.25) is 0 Å². The van der Waals surface area contributed by atoms with E-state index in [1.807, 2.05) is 13.8 Å². The van der Waals surface area contributed by atoms with Crippen molar-refractivity contribution < 1.29 is 4.79 Å². The minimum Gasteiger partial charge on any atom is -0.296 e. The van der Waals surface area contributed by atoms with Gasteiger partial charge in [0.05, 0.1) is 5.69 Å². The van der Waals surface area contributed by atoms with Gasteiger partial charge in [0.1, 0.15) is 6.33 Å². The smallest absolute Gasteiger partial charge is 0.277 e. The highest BCUT2D eigenvalue weighted by Gasteiger charge is 2.12. The molecule has 0 aliphatic rings. The molecule has 0 unspecified atom stereocenters. The van der Waals surface area contributed by atoms with Crippen molar-refractivity contribution in [3.8, 4) is 5.82 Å². The number of rotatable bonds is 3. The number of anilines is 1. The van der Waals surface area contributed by atoms with Crippen LogP contribution in [-0.2, 0) is 0 Å². The molecule has 3 aromatic rings. The predicted molar refractivity (Wildman–Crippen MR) is 78.7 cm³/mol. The Morgan fingerprint density at radius 3 is 2.71 bits per heavy atom. The van der Waals surface area contributed by atoms with Crippen molar-refractivity contribution in [2.75, 3.05) is 5.32 Å². The summed E-state index contributed by atoms with van der Waals surface area (Å²) in [5.41, 5.74) is 1.15. The minimum atomic E-state index is -0.326. The number of hydrogen-bond acceptors (Lipinski definition) is 6. The molecule has 0 fully saturated rings. The number of carbonyl (C=O) groups is 1. The molecule has 0 saturated heterocycles. The number of hydrogen-bond donors (Lipinski definition) is 1. The van der Waals surface area contributed by atoms with E-state index in [4.69, 9.17) is 0 Å². The zero-order valence-corrected chi connectivity index (χ0v) is 12.3. The molecule has 3 rings (SSSR count). The van der Waals surface area contributed by atoms with Crippen LogP contribution in [0.3, 0.4) is 0 Å². The second-order valence-electron chi connectivity index (χ2n) is 4.36. The van der Waals surface area contributed by atoms with Gasteiger partial charge in [-0.1, -0.05) is 0 Å². The summed E-state index contributed by atoms with van der Waals surface area (Å²) in [5.74, 6) is 0.276. The highest BCUT2D eigenvalue weighted by atomic mass is 32.1. The fourth-order valence-corrected chi connectivity index (χ4v) is 2.48. The Morgan fingerprint density at radius 1 is 1.29 bits per heavy atom. The first-order chi connectivity index (χ1) is 10.1. The van der Waals surface area contributed by atoms with Crippen LogP contribution in [0.2, 0.25) is 0 Å². The lowest BCUT2D eigenvalue weighted by Crippen LogP contribution is -2.14. The Kier molecular flexibility index (Phi) is 3.44. The van der Waals surface area contributed by atoms with Crippen LogP contribution in [0.5, 0.6) is 0 Å². The van der Waals surface area contributed by atoms with Crippen LogP contribution in [0.4, 0.5) is 5.13 Å². The normalized spacial score (nSPS) is 10.6. The Bertz CT molecular complexity index is 743. The zero-order chi connectivity index (χ0) is 14.8. The van der Waals surface area contributed by atoms with Gasteiger partial charge in [-0.3, -0.25) is 14.7 Å². The third kappa shape index (κ3) is 2.79. The van der Waals surface area contributed by atoms with Gasteiger partial charge in [-0.15, -0.1) is 21.5 Å². The lowest BCUT2D eigenvalue weighted by Gasteiger charge is -2.02. The number of imidazole rings is 1. The van der Waals surface area contributed by atoms with E-state index in [0.29, 0.717) is 10.9 Å². The van der Waals surface area contributed by atoms with Crippen molar-refractivity contribution in [2.45, 2.75) is 13.8 Å². The van der Waals surface area contributed by atoms with Crippen molar-refractivity contribution in [3.05, 3.63) is 47.1 Å². The minimum absolute atomic E-state index is 0.240. The van der Waals surface area contributed by atoms with Gasteiger partial charge < -0.3 is 0 Å². The lowest BCUT2D eigenvalue weighted by atomic mass is 10.3. The number of nitrogens with zero attached hydrogens (tertiary/aromatic N) is 5. The molecule has 106 valence electrons. The van der Waals surface area contributed by atoms with Crippen molar-refractivity contribution in [1.82, 2.24) is 24.7 Å². The fourth-order valence-electron chi connectivity index (χ4n) is 1.67. The molecule has 3 heterocycles. The quantitative estimate of drug-likeness (QED) is 0.799. The molecular weight excluding hydrogens is 288 g/mol. The number of amides is 1. The van der Waals surface area contributed by atoms with E-state index in [0.717, 1.165) is 10.6 Å². The molecule has 0 radical (unpaired) electrons. The predicted octanol–water partition coefficient (Wildman–Crippen LogP) is 1.99. The summed E-state index contributed by atoms with van der Waals surface area (Å²) in [4.78, 5) is 21.3. The maximum Gasteiger partial charge on any atom is 0.277 e. The van der Waals surface area contributed by atoms with E-state index in [2.05, 4.69) is 25.5 Å². The number of aromatic nitrogens is 5. The van der Waals surface area contributed by atoms with Gasteiger partial charge in [-0.05, 0) is 26.0 Å². The summed E-state index contributed by atoms with van der Waals surface area (Å²) in [5, 5.41) is 11.2. The zero-order valence-electron chi connectivity index (χ0n) is 11.4. The fraction of sp³-hybridized carbons (Fsp3) is 0.154. The monoisotopic (exact) mass is 300 g/mol. The summed E-state index contributed by atoms with van der Waals surface area (Å²) >= 11 is 1.43. The Labute approximate surface area is 124 Å². The standard InChI is InChI=1S/C13H12N6OS/c1-8-9(2)21-13(15-8)16-12(20)10-3-4-11(18-17-10)19-6-5-14-7-19/h3-7H,1-2H3,(H,15,16,20). The molecule has 3 aromatic heterocycles. The van der Waals surface area contributed by atoms with Crippen LogP contribution in [0.1, 0.15) is 21.1 Å². The van der Waals surface area contributed by atoms with Crippen LogP contribution >= 0.6 is 11.3 Å². The van der Waals surface area contributed by atoms with Crippen LogP contribution in [0, 0.1) is 13.8 Å². The molecule has 7 nitrogen and oxygen atoms in total. The Hall–Kier alpha value is -2.61. The van der Waals surface area contributed by atoms with Crippen LogP contribution < -0.4 is 5.32 Å². The summed E-state index contributed by atoms with van der Waals surface area (Å²) in [6.07, 6.45) is 5.02. The number of aryl methyl sites for hydroxylation is 2. The molecule has 1 amide bonds. The van der Waals surface area contributed by atoms with Crippen LogP contribution in [-0.4, -0.2) is 30.6 Å². The van der Waals surface area contributed by atoms with Crippen LogP contribution in [0.25, 0.3) is 5.82 Å². The van der Waals surface area contributed by atoms with E-state index in [-0.39, 0.29) is 11.6 Å². The molecule has 0 bridgehead atoms. The Balaban J connectivity index is 1.76. The molecule has 0 aromatic carbocycles. The molecule has 0 saturated carbocycles. The van der Waals surface area contributed by atoms with Gasteiger partial charge in [0, 0.05) is 17.3 Å². The highest BCUT2D eigenvalue weighted by Crippen LogP contribution is 2.21. The second kappa shape index (κ2) is 5.41.